The van der Waals surface area contributed by atoms with Crippen LogP contribution >= 0.6 is 0 Å². The van der Waals surface area contributed by atoms with E-state index >= 15 is 0 Å². The number of carboxylic acid groups (broad SMARTS) is 1. The highest BCUT2D eigenvalue weighted by Crippen LogP contribution is 2.05. The lowest BCUT2D eigenvalue weighted by Gasteiger charge is -2.25. The molecule has 1 aliphatic rings. The van der Waals surface area contributed by atoms with Crippen LogP contribution in [0.5, 0.6) is 0 Å². The maximum Gasteiger partial charge on any atom is 0.371 e. The van der Waals surface area contributed by atoms with Crippen LogP contribution in [-0.2, 0) is 11.3 Å². The Morgan fingerprint density at radius 2 is 2.33 bits per heavy atom. The van der Waals surface area contributed by atoms with Crippen molar-refractivity contribution in [3.05, 3.63) is 17.7 Å². The Morgan fingerprint density at radius 3 is 2.93 bits per heavy atom. The molecule has 1 aliphatic heterocycles. The monoisotopic (exact) mass is 211 g/mol. The minimum atomic E-state index is -1.02. The zero-order valence-electron chi connectivity index (χ0n) is 8.27. The van der Waals surface area contributed by atoms with Crippen molar-refractivity contribution >= 4 is 5.97 Å². The summed E-state index contributed by atoms with van der Waals surface area (Å²) in [5.41, 5.74) is 0.828. The largest absolute Gasteiger partial charge is 0.475 e. The first-order valence-electron chi connectivity index (χ1n) is 4.83. The van der Waals surface area contributed by atoms with Crippen molar-refractivity contribution in [3.8, 4) is 0 Å². The summed E-state index contributed by atoms with van der Waals surface area (Å²) >= 11 is 0. The first kappa shape index (κ1) is 10.1. The van der Waals surface area contributed by atoms with E-state index in [0.717, 1.165) is 32.0 Å². The van der Waals surface area contributed by atoms with Crippen LogP contribution in [-0.4, -0.2) is 52.2 Å². The molecule has 0 atom stereocenters. The maximum absolute atomic E-state index is 10.6. The number of rotatable bonds is 3. The molecular weight excluding hydrogens is 198 g/mol. The predicted molar refractivity (Wildman–Crippen MR) is 51.6 cm³/mol. The maximum atomic E-state index is 10.6. The number of morpholine rings is 1. The van der Waals surface area contributed by atoms with Crippen molar-refractivity contribution in [1.29, 1.82) is 0 Å². The highest BCUT2D eigenvalue weighted by atomic mass is 16.5. The summed E-state index contributed by atoms with van der Waals surface area (Å²) in [5.74, 6) is -1.03. The number of aromatic amines is 1. The van der Waals surface area contributed by atoms with E-state index in [1.165, 1.54) is 0 Å². The van der Waals surface area contributed by atoms with E-state index in [1.807, 2.05) is 0 Å². The number of ether oxygens (including phenoxy) is 1. The van der Waals surface area contributed by atoms with Gasteiger partial charge in [0.2, 0.25) is 5.82 Å². The van der Waals surface area contributed by atoms with Gasteiger partial charge in [0.05, 0.1) is 19.4 Å². The number of H-pyrrole nitrogens is 1. The molecule has 2 rings (SSSR count). The fourth-order valence-electron chi connectivity index (χ4n) is 1.55. The zero-order chi connectivity index (χ0) is 10.7. The molecule has 2 N–H and O–H groups in total. The number of imidazole rings is 1. The topological polar surface area (TPSA) is 78.4 Å². The van der Waals surface area contributed by atoms with Gasteiger partial charge in [-0.15, -0.1) is 0 Å². The molecule has 0 aliphatic carbocycles. The summed E-state index contributed by atoms with van der Waals surface area (Å²) in [4.78, 5) is 19.3. The Morgan fingerprint density at radius 1 is 1.60 bits per heavy atom. The molecule has 1 aromatic heterocycles. The van der Waals surface area contributed by atoms with Crippen LogP contribution in [0, 0.1) is 0 Å². The Labute approximate surface area is 86.9 Å². The van der Waals surface area contributed by atoms with Crippen LogP contribution in [0.4, 0.5) is 0 Å². The van der Waals surface area contributed by atoms with Gasteiger partial charge in [0.25, 0.3) is 0 Å². The summed E-state index contributed by atoms with van der Waals surface area (Å²) in [7, 11) is 0. The first-order chi connectivity index (χ1) is 7.25. The standard InChI is InChI=1S/C9H13N3O3/c13-9(14)8-10-5-7(11-8)6-12-1-3-15-4-2-12/h5H,1-4,6H2,(H,10,11)(H,13,14). The second kappa shape index (κ2) is 4.41. The Hall–Kier alpha value is -1.40. The molecule has 15 heavy (non-hydrogen) atoms. The molecule has 2 heterocycles. The van der Waals surface area contributed by atoms with Crippen LogP contribution in [0.3, 0.4) is 0 Å². The van der Waals surface area contributed by atoms with Crippen LogP contribution < -0.4 is 0 Å². The van der Waals surface area contributed by atoms with E-state index < -0.39 is 5.97 Å². The Kier molecular flexibility index (Phi) is 2.98. The lowest BCUT2D eigenvalue weighted by Crippen LogP contribution is -2.35. The molecule has 0 spiro atoms. The van der Waals surface area contributed by atoms with Gasteiger partial charge in [-0.1, -0.05) is 0 Å². The van der Waals surface area contributed by atoms with Gasteiger partial charge in [-0.2, -0.15) is 0 Å². The molecular formula is C9H13N3O3. The fourth-order valence-corrected chi connectivity index (χ4v) is 1.55. The van der Waals surface area contributed by atoms with Crippen molar-refractivity contribution in [2.45, 2.75) is 6.54 Å². The Balaban J connectivity index is 1.94. The van der Waals surface area contributed by atoms with Crippen molar-refractivity contribution < 1.29 is 14.6 Å². The smallest absolute Gasteiger partial charge is 0.371 e. The van der Waals surface area contributed by atoms with Gasteiger partial charge >= 0.3 is 5.97 Å². The lowest BCUT2D eigenvalue weighted by atomic mass is 10.3. The van der Waals surface area contributed by atoms with Crippen molar-refractivity contribution in [3.63, 3.8) is 0 Å². The van der Waals surface area contributed by atoms with Crippen LogP contribution in [0.15, 0.2) is 6.20 Å². The highest BCUT2D eigenvalue weighted by Gasteiger charge is 2.13. The summed E-state index contributed by atoms with van der Waals surface area (Å²) in [6, 6.07) is 0. The molecule has 0 aromatic carbocycles. The lowest BCUT2D eigenvalue weighted by molar-refractivity contribution is 0.0336. The third-order valence-electron chi connectivity index (χ3n) is 2.33. The van der Waals surface area contributed by atoms with Crippen LogP contribution in [0.1, 0.15) is 16.3 Å². The van der Waals surface area contributed by atoms with Gasteiger partial charge in [0, 0.05) is 25.3 Å². The molecule has 82 valence electrons. The van der Waals surface area contributed by atoms with Gasteiger partial charge in [-0.25, -0.2) is 9.78 Å². The van der Waals surface area contributed by atoms with Crippen molar-refractivity contribution in [2.24, 2.45) is 0 Å². The third kappa shape index (κ3) is 2.54. The van der Waals surface area contributed by atoms with Crippen molar-refractivity contribution in [1.82, 2.24) is 14.9 Å². The van der Waals surface area contributed by atoms with Gasteiger partial charge in [0.1, 0.15) is 0 Å². The first-order valence-corrected chi connectivity index (χ1v) is 4.83. The van der Waals surface area contributed by atoms with Gasteiger partial charge in [-0.05, 0) is 0 Å². The number of aromatic nitrogens is 2. The quantitative estimate of drug-likeness (QED) is 0.732. The zero-order valence-corrected chi connectivity index (χ0v) is 8.27. The normalized spacial score (nSPS) is 17.9. The number of carbonyl (C=O) groups is 1. The van der Waals surface area contributed by atoms with E-state index in [9.17, 15) is 4.79 Å². The van der Waals surface area contributed by atoms with E-state index in [-0.39, 0.29) is 5.82 Å². The molecule has 1 saturated heterocycles. The molecule has 6 nitrogen and oxygen atoms in total. The molecule has 0 saturated carbocycles. The second-order valence-corrected chi connectivity index (χ2v) is 3.45. The number of nitrogens with zero attached hydrogens (tertiary/aromatic N) is 2. The van der Waals surface area contributed by atoms with E-state index in [0.29, 0.717) is 6.54 Å². The van der Waals surface area contributed by atoms with Gasteiger partial charge in [0.15, 0.2) is 0 Å². The van der Waals surface area contributed by atoms with Gasteiger partial charge < -0.3 is 14.8 Å². The van der Waals surface area contributed by atoms with Crippen molar-refractivity contribution in [2.75, 3.05) is 26.3 Å². The average molecular weight is 211 g/mol. The average Bonchev–Trinajstić information content (AvgIpc) is 2.68. The summed E-state index contributed by atoms with van der Waals surface area (Å²) < 4.78 is 5.22. The molecule has 1 fully saturated rings. The molecule has 0 unspecified atom stereocenters. The van der Waals surface area contributed by atoms with Gasteiger partial charge in [-0.3, -0.25) is 4.90 Å². The second-order valence-electron chi connectivity index (χ2n) is 3.45. The highest BCUT2D eigenvalue weighted by molar-refractivity contribution is 5.83. The number of nitrogens with one attached hydrogen (secondary N) is 1. The van der Waals surface area contributed by atoms with Crippen LogP contribution in [0.25, 0.3) is 0 Å². The summed E-state index contributed by atoms with van der Waals surface area (Å²) in [6.07, 6.45) is 1.57. The minimum absolute atomic E-state index is 0.00161. The van der Waals surface area contributed by atoms with Crippen LogP contribution in [0.2, 0.25) is 0 Å². The van der Waals surface area contributed by atoms with E-state index in [4.69, 9.17) is 9.84 Å². The van der Waals surface area contributed by atoms with E-state index in [2.05, 4.69) is 14.9 Å². The Bertz CT molecular complexity index is 344. The number of hydrogen-bond donors (Lipinski definition) is 2. The number of carboxylic acids is 1. The number of hydrogen-bond acceptors (Lipinski definition) is 4. The minimum Gasteiger partial charge on any atom is -0.475 e. The SMILES string of the molecule is O=C(O)c1ncc(CN2CCOCC2)[nH]1. The molecule has 1 aromatic rings. The summed E-state index contributed by atoms with van der Waals surface area (Å²) in [5, 5.41) is 8.68. The fraction of sp³-hybridized carbons (Fsp3) is 0.556. The molecule has 0 radical (unpaired) electrons. The molecule has 0 amide bonds. The predicted octanol–water partition coefficient (Wildman–Crippen LogP) is -0.0599. The van der Waals surface area contributed by atoms with E-state index in [1.54, 1.807) is 6.20 Å². The summed E-state index contributed by atoms with van der Waals surface area (Å²) in [6.45, 7) is 3.92. The molecule has 0 bridgehead atoms. The molecule has 6 heteroatoms. The number of aromatic carboxylic acids is 1. The third-order valence-corrected chi connectivity index (χ3v) is 2.33.